The van der Waals surface area contributed by atoms with E-state index in [-0.39, 0.29) is 11.9 Å². The average molecular weight is 325 g/mol. The van der Waals surface area contributed by atoms with Gasteiger partial charge in [-0.15, -0.1) is 0 Å². The Morgan fingerprint density at radius 3 is 3.05 bits per heavy atom. The van der Waals surface area contributed by atoms with Crippen molar-refractivity contribution in [2.24, 2.45) is 11.7 Å². The highest BCUT2D eigenvalue weighted by atomic mass is 79.9. The Morgan fingerprint density at radius 1 is 1.58 bits per heavy atom. The minimum atomic E-state index is 0.168. The van der Waals surface area contributed by atoms with Crippen molar-refractivity contribution in [3.63, 3.8) is 0 Å². The third-order valence-corrected chi connectivity index (χ3v) is 4.29. The standard InChI is InChI=1S/C15H21BrN2O/c1-11(17)13-5-3-7-18(10-13)15(19)9-12-4-2-6-14(16)8-12/h2,4,6,8,11,13H,3,5,7,9-10,17H2,1H3/t11-,13+/m1/s1. The number of piperidine rings is 1. The second-order valence-corrected chi connectivity index (χ2v) is 6.32. The Kier molecular flexibility index (Phi) is 4.99. The summed E-state index contributed by atoms with van der Waals surface area (Å²) >= 11 is 3.44. The molecule has 1 aliphatic heterocycles. The van der Waals surface area contributed by atoms with Gasteiger partial charge in [0.2, 0.25) is 5.91 Å². The largest absolute Gasteiger partial charge is 0.342 e. The summed E-state index contributed by atoms with van der Waals surface area (Å²) in [6, 6.07) is 8.11. The predicted octanol–water partition coefficient (Wildman–Crippen LogP) is 2.58. The summed E-state index contributed by atoms with van der Waals surface area (Å²) in [5.74, 6) is 0.656. The zero-order chi connectivity index (χ0) is 13.8. The van der Waals surface area contributed by atoms with Crippen molar-refractivity contribution >= 4 is 21.8 Å². The second kappa shape index (κ2) is 6.53. The van der Waals surface area contributed by atoms with Crippen LogP contribution in [0.2, 0.25) is 0 Å². The van der Waals surface area contributed by atoms with E-state index in [0.717, 1.165) is 36.0 Å². The molecule has 1 saturated heterocycles. The molecule has 1 fully saturated rings. The number of nitrogens with zero attached hydrogens (tertiary/aromatic N) is 1. The molecule has 1 aromatic rings. The highest BCUT2D eigenvalue weighted by Crippen LogP contribution is 2.20. The number of rotatable bonds is 3. The quantitative estimate of drug-likeness (QED) is 0.928. The SMILES string of the molecule is C[C@@H](N)[C@H]1CCCN(C(=O)Cc2cccc(Br)c2)C1. The van der Waals surface area contributed by atoms with Gasteiger partial charge >= 0.3 is 0 Å². The van der Waals surface area contributed by atoms with Crippen molar-refractivity contribution in [3.8, 4) is 0 Å². The highest BCUT2D eigenvalue weighted by Gasteiger charge is 2.25. The summed E-state index contributed by atoms with van der Waals surface area (Å²) in [5.41, 5.74) is 7.02. The third-order valence-electron chi connectivity index (χ3n) is 3.80. The number of carbonyl (C=O) groups is 1. The number of likely N-dealkylation sites (tertiary alicyclic amines) is 1. The summed E-state index contributed by atoms with van der Waals surface area (Å²) in [6.45, 7) is 3.72. The highest BCUT2D eigenvalue weighted by molar-refractivity contribution is 9.10. The van der Waals surface area contributed by atoms with Gasteiger partial charge in [0.1, 0.15) is 0 Å². The lowest BCUT2D eigenvalue weighted by Crippen LogP contribution is -2.45. The Labute approximate surface area is 123 Å². The van der Waals surface area contributed by atoms with Crippen LogP contribution < -0.4 is 5.73 Å². The second-order valence-electron chi connectivity index (χ2n) is 5.41. The first-order chi connectivity index (χ1) is 9.06. The molecular formula is C15H21BrN2O. The number of hydrogen-bond donors (Lipinski definition) is 1. The van der Waals surface area contributed by atoms with Gasteiger partial charge in [0, 0.05) is 23.6 Å². The van der Waals surface area contributed by atoms with Gasteiger partial charge in [-0.3, -0.25) is 4.79 Å². The van der Waals surface area contributed by atoms with Crippen LogP contribution in [0.15, 0.2) is 28.7 Å². The van der Waals surface area contributed by atoms with E-state index < -0.39 is 0 Å². The molecular weight excluding hydrogens is 304 g/mol. The van der Waals surface area contributed by atoms with Crippen LogP contribution in [0.25, 0.3) is 0 Å². The molecule has 19 heavy (non-hydrogen) atoms. The minimum Gasteiger partial charge on any atom is -0.342 e. The van der Waals surface area contributed by atoms with E-state index in [9.17, 15) is 4.79 Å². The number of carbonyl (C=O) groups excluding carboxylic acids is 1. The smallest absolute Gasteiger partial charge is 0.227 e. The summed E-state index contributed by atoms with van der Waals surface area (Å²) in [5, 5.41) is 0. The fourth-order valence-corrected chi connectivity index (χ4v) is 3.05. The molecule has 0 radical (unpaired) electrons. The van der Waals surface area contributed by atoms with Gasteiger partial charge in [-0.1, -0.05) is 28.1 Å². The third kappa shape index (κ3) is 4.05. The van der Waals surface area contributed by atoms with Crippen molar-refractivity contribution < 1.29 is 4.79 Å². The Balaban J connectivity index is 1.96. The van der Waals surface area contributed by atoms with E-state index in [1.165, 1.54) is 0 Å². The molecule has 0 bridgehead atoms. The van der Waals surface area contributed by atoms with Crippen LogP contribution in [0, 0.1) is 5.92 Å². The number of amides is 1. The Bertz CT molecular complexity index is 448. The molecule has 3 nitrogen and oxygen atoms in total. The van der Waals surface area contributed by atoms with Gasteiger partial charge in [-0.05, 0) is 43.4 Å². The lowest BCUT2D eigenvalue weighted by molar-refractivity contribution is -0.132. The van der Waals surface area contributed by atoms with Crippen molar-refractivity contribution in [1.29, 1.82) is 0 Å². The molecule has 0 spiro atoms. The molecule has 1 aliphatic rings. The van der Waals surface area contributed by atoms with Gasteiger partial charge in [0.15, 0.2) is 0 Å². The Morgan fingerprint density at radius 2 is 2.37 bits per heavy atom. The van der Waals surface area contributed by atoms with Crippen LogP contribution in [0.3, 0.4) is 0 Å². The van der Waals surface area contributed by atoms with E-state index in [4.69, 9.17) is 5.73 Å². The van der Waals surface area contributed by atoms with Crippen molar-refractivity contribution in [2.45, 2.75) is 32.2 Å². The summed E-state index contributed by atoms with van der Waals surface area (Å²) in [4.78, 5) is 14.3. The zero-order valence-electron chi connectivity index (χ0n) is 11.3. The van der Waals surface area contributed by atoms with Crippen molar-refractivity contribution in [3.05, 3.63) is 34.3 Å². The topological polar surface area (TPSA) is 46.3 Å². The average Bonchev–Trinajstić information content (AvgIpc) is 2.39. The maximum absolute atomic E-state index is 12.3. The summed E-state index contributed by atoms with van der Waals surface area (Å²) in [7, 11) is 0. The number of halogens is 1. The molecule has 4 heteroatoms. The van der Waals surface area contributed by atoms with Crippen LogP contribution >= 0.6 is 15.9 Å². The van der Waals surface area contributed by atoms with Gasteiger partial charge in [-0.2, -0.15) is 0 Å². The van der Waals surface area contributed by atoms with Crippen LogP contribution in [-0.4, -0.2) is 29.9 Å². The molecule has 2 atom stereocenters. The lowest BCUT2D eigenvalue weighted by atomic mass is 9.92. The van der Waals surface area contributed by atoms with Crippen molar-refractivity contribution in [2.75, 3.05) is 13.1 Å². The lowest BCUT2D eigenvalue weighted by Gasteiger charge is -2.34. The molecule has 2 N–H and O–H groups in total. The predicted molar refractivity (Wildman–Crippen MR) is 80.8 cm³/mol. The minimum absolute atomic E-state index is 0.168. The fraction of sp³-hybridized carbons (Fsp3) is 0.533. The van der Waals surface area contributed by atoms with E-state index in [2.05, 4.69) is 15.9 Å². The van der Waals surface area contributed by atoms with E-state index in [0.29, 0.717) is 12.3 Å². The fourth-order valence-electron chi connectivity index (χ4n) is 2.60. The first-order valence-electron chi connectivity index (χ1n) is 6.84. The van der Waals surface area contributed by atoms with E-state index >= 15 is 0 Å². The zero-order valence-corrected chi connectivity index (χ0v) is 12.9. The molecule has 1 aromatic carbocycles. The Hall–Kier alpha value is -0.870. The van der Waals surface area contributed by atoms with Gasteiger partial charge in [0.25, 0.3) is 0 Å². The number of benzene rings is 1. The first kappa shape index (κ1) is 14.5. The maximum Gasteiger partial charge on any atom is 0.227 e. The molecule has 104 valence electrons. The first-order valence-corrected chi connectivity index (χ1v) is 7.63. The van der Waals surface area contributed by atoms with E-state index in [1.807, 2.05) is 36.1 Å². The molecule has 1 amide bonds. The molecule has 2 rings (SSSR count). The summed E-state index contributed by atoms with van der Waals surface area (Å²) in [6.07, 6.45) is 2.68. The van der Waals surface area contributed by atoms with E-state index in [1.54, 1.807) is 0 Å². The number of nitrogens with two attached hydrogens (primary N) is 1. The van der Waals surface area contributed by atoms with Gasteiger partial charge in [-0.25, -0.2) is 0 Å². The van der Waals surface area contributed by atoms with Gasteiger partial charge < -0.3 is 10.6 Å². The molecule has 0 aliphatic carbocycles. The summed E-state index contributed by atoms with van der Waals surface area (Å²) < 4.78 is 1.02. The molecule has 0 unspecified atom stereocenters. The van der Waals surface area contributed by atoms with Crippen molar-refractivity contribution in [1.82, 2.24) is 4.90 Å². The van der Waals surface area contributed by atoms with Crippen LogP contribution in [0.4, 0.5) is 0 Å². The number of hydrogen-bond acceptors (Lipinski definition) is 2. The van der Waals surface area contributed by atoms with Crippen LogP contribution in [0.1, 0.15) is 25.3 Å². The molecule has 0 saturated carbocycles. The molecule has 0 aromatic heterocycles. The monoisotopic (exact) mass is 324 g/mol. The molecule has 1 heterocycles. The van der Waals surface area contributed by atoms with Crippen LogP contribution in [-0.2, 0) is 11.2 Å². The van der Waals surface area contributed by atoms with Crippen LogP contribution in [0.5, 0.6) is 0 Å². The van der Waals surface area contributed by atoms with Gasteiger partial charge in [0.05, 0.1) is 6.42 Å². The maximum atomic E-state index is 12.3. The normalized spacial score (nSPS) is 21.2.